The van der Waals surface area contributed by atoms with E-state index in [0.29, 0.717) is 23.7 Å². The van der Waals surface area contributed by atoms with Gasteiger partial charge in [-0.15, -0.1) is 11.3 Å². The standard InChI is InChI=1S/C18H18ClN3O3S2/c1-11-12(2)26-18(14(11)10-20)21-17(23)13-5-6-15(19)16(9-13)27(24,25)22-7-3-4-8-22/h5-6,9H,3-4,7-8H2,1-2H3,(H,21,23). The van der Waals surface area contributed by atoms with Crippen LogP contribution in [0, 0.1) is 25.2 Å². The maximum absolute atomic E-state index is 12.8. The van der Waals surface area contributed by atoms with Crippen molar-refractivity contribution in [2.24, 2.45) is 0 Å². The van der Waals surface area contributed by atoms with Gasteiger partial charge in [-0.3, -0.25) is 4.79 Å². The Morgan fingerprint density at radius 3 is 2.59 bits per heavy atom. The van der Waals surface area contributed by atoms with E-state index in [9.17, 15) is 18.5 Å². The van der Waals surface area contributed by atoms with Crippen LogP contribution in [-0.4, -0.2) is 31.7 Å². The summed E-state index contributed by atoms with van der Waals surface area (Å²) >= 11 is 7.43. The third kappa shape index (κ3) is 3.73. The second-order valence-electron chi connectivity index (χ2n) is 6.31. The van der Waals surface area contributed by atoms with E-state index in [1.807, 2.05) is 13.8 Å². The maximum atomic E-state index is 12.8. The van der Waals surface area contributed by atoms with Gasteiger partial charge in [-0.05, 0) is 50.5 Å². The van der Waals surface area contributed by atoms with Crippen LogP contribution in [0.4, 0.5) is 5.00 Å². The smallest absolute Gasteiger partial charge is 0.256 e. The summed E-state index contributed by atoms with van der Waals surface area (Å²) in [7, 11) is -3.74. The van der Waals surface area contributed by atoms with Crippen molar-refractivity contribution >= 4 is 43.9 Å². The molecule has 27 heavy (non-hydrogen) atoms. The minimum atomic E-state index is -3.74. The molecule has 1 amide bonds. The number of nitriles is 1. The van der Waals surface area contributed by atoms with Gasteiger partial charge in [0.2, 0.25) is 10.0 Å². The van der Waals surface area contributed by atoms with Crippen molar-refractivity contribution in [3.8, 4) is 6.07 Å². The highest BCUT2D eigenvalue weighted by Crippen LogP contribution is 2.33. The fourth-order valence-electron chi connectivity index (χ4n) is 2.93. The van der Waals surface area contributed by atoms with Gasteiger partial charge in [0.25, 0.3) is 5.91 Å². The van der Waals surface area contributed by atoms with E-state index < -0.39 is 15.9 Å². The summed E-state index contributed by atoms with van der Waals surface area (Å²) in [4.78, 5) is 13.5. The van der Waals surface area contributed by atoms with E-state index in [1.54, 1.807) is 0 Å². The van der Waals surface area contributed by atoms with Gasteiger partial charge >= 0.3 is 0 Å². The van der Waals surface area contributed by atoms with E-state index >= 15 is 0 Å². The molecule has 1 saturated heterocycles. The third-order valence-electron chi connectivity index (χ3n) is 4.60. The molecule has 0 unspecified atom stereocenters. The first-order valence-electron chi connectivity index (χ1n) is 8.37. The molecule has 1 aromatic carbocycles. The van der Waals surface area contributed by atoms with Crippen molar-refractivity contribution in [2.45, 2.75) is 31.6 Å². The van der Waals surface area contributed by atoms with Crippen LogP contribution in [0.2, 0.25) is 5.02 Å². The van der Waals surface area contributed by atoms with Crippen LogP contribution >= 0.6 is 22.9 Å². The van der Waals surface area contributed by atoms with Crippen molar-refractivity contribution in [1.29, 1.82) is 5.26 Å². The Hall–Kier alpha value is -1.92. The number of anilines is 1. The maximum Gasteiger partial charge on any atom is 0.256 e. The minimum Gasteiger partial charge on any atom is -0.312 e. The van der Waals surface area contributed by atoms with E-state index in [2.05, 4.69) is 11.4 Å². The van der Waals surface area contributed by atoms with Crippen LogP contribution in [0.5, 0.6) is 0 Å². The van der Waals surface area contributed by atoms with Gasteiger partial charge in [0.15, 0.2) is 0 Å². The van der Waals surface area contributed by atoms with Gasteiger partial charge in [0.05, 0.1) is 10.6 Å². The summed E-state index contributed by atoms with van der Waals surface area (Å²) in [6.07, 6.45) is 1.62. The number of carbonyl (C=O) groups excluding carboxylic acids is 1. The Kier molecular flexibility index (Phi) is 5.58. The number of hydrogen-bond acceptors (Lipinski definition) is 5. The lowest BCUT2D eigenvalue weighted by atomic mass is 10.1. The van der Waals surface area contributed by atoms with Crippen LogP contribution < -0.4 is 5.32 Å². The second-order valence-corrected chi connectivity index (χ2v) is 9.85. The highest BCUT2D eigenvalue weighted by atomic mass is 35.5. The van der Waals surface area contributed by atoms with Crippen molar-refractivity contribution in [3.05, 3.63) is 44.8 Å². The molecule has 1 aliphatic rings. The average molecular weight is 424 g/mol. The monoisotopic (exact) mass is 423 g/mol. The Labute approximate surface area is 167 Å². The zero-order valence-electron chi connectivity index (χ0n) is 14.9. The third-order valence-corrected chi connectivity index (χ3v) is 8.10. The number of sulfonamides is 1. The molecule has 1 aromatic heterocycles. The molecule has 2 heterocycles. The van der Waals surface area contributed by atoms with Gasteiger partial charge in [-0.2, -0.15) is 9.57 Å². The molecular weight excluding hydrogens is 406 g/mol. The molecule has 9 heteroatoms. The van der Waals surface area contributed by atoms with Crippen LogP contribution in [0.3, 0.4) is 0 Å². The largest absolute Gasteiger partial charge is 0.312 e. The van der Waals surface area contributed by atoms with Gasteiger partial charge in [-0.25, -0.2) is 8.42 Å². The van der Waals surface area contributed by atoms with Crippen molar-refractivity contribution < 1.29 is 13.2 Å². The molecule has 0 aliphatic carbocycles. The number of hydrogen-bond donors (Lipinski definition) is 1. The van der Waals surface area contributed by atoms with E-state index in [1.165, 1.54) is 33.8 Å². The van der Waals surface area contributed by atoms with Crippen molar-refractivity contribution in [2.75, 3.05) is 18.4 Å². The molecule has 0 atom stereocenters. The fraction of sp³-hybridized carbons (Fsp3) is 0.333. The molecule has 0 spiro atoms. The first-order valence-corrected chi connectivity index (χ1v) is 11.0. The van der Waals surface area contributed by atoms with Gasteiger partial charge in [0.1, 0.15) is 16.0 Å². The molecule has 1 N–H and O–H groups in total. The topological polar surface area (TPSA) is 90.3 Å². The average Bonchev–Trinajstić information content (AvgIpc) is 3.25. The number of nitrogens with one attached hydrogen (secondary N) is 1. The fourth-order valence-corrected chi connectivity index (χ4v) is 5.96. The normalized spacial score (nSPS) is 14.9. The number of halogens is 1. The molecule has 0 saturated carbocycles. The number of carbonyl (C=O) groups is 1. The number of rotatable bonds is 4. The number of nitrogens with zero attached hydrogens (tertiary/aromatic N) is 2. The molecule has 0 radical (unpaired) electrons. The summed E-state index contributed by atoms with van der Waals surface area (Å²) < 4.78 is 27.0. The molecule has 6 nitrogen and oxygen atoms in total. The minimum absolute atomic E-state index is 0.0715. The predicted octanol–water partition coefficient (Wildman–Crippen LogP) is 3.93. The molecule has 1 aliphatic heterocycles. The van der Waals surface area contributed by atoms with Crippen LogP contribution in [0.1, 0.15) is 39.2 Å². The van der Waals surface area contributed by atoms with E-state index in [-0.39, 0.29) is 15.5 Å². The highest BCUT2D eigenvalue weighted by molar-refractivity contribution is 7.89. The molecule has 1 fully saturated rings. The number of thiophene rings is 1. The zero-order valence-corrected chi connectivity index (χ0v) is 17.3. The second kappa shape index (κ2) is 7.60. The molecule has 2 aromatic rings. The Balaban J connectivity index is 1.93. The van der Waals surface area contributed by atoms with Gasteiger partial charge < -0.3 is 5.32 Å². The van der Waals surface area contributed by atoms with Gasteiger partial charge in [0, 0.05) is 23.5 Å². The zero-order chi connectivity index (χ0) is 19.8. The lowest BCUT2D eigenvalue weighted by Gasteiger charge is -2.17. The number of aryl methyl sites for hydroxylation is 1. The van der Waals surface area contributed by atoms with Crippen molar-refractivity contribution in [1.82, 2.24) is 4.31 Å². The van der Waals surface area contributed by atoms with E-state index in [4.69, 9.17) is 11.6 Å². The van der Waals surface area contributed by atoms with Gasteiger partial charge in [-0.1, -0.05) is 11.6 Å². The summed E-state index contributed by atoms with van der Waals surface area (Å²) in [5, 5.41) is 12.6. The molecule has 0 bridgehead atoms. The first kappa shape index (κ1) is 19.8. The molecular formula is C18H18ClN3O3S2. The number of amides is 1. The van der Waals surface area contributed by atoms with E-state index in [0.717, 1.165) is 23.3 Å². The predicted molar refractivity (Wildman–Crippen MR) is 106 cm³/mol. The van der Waals surface area contributed by atoms with Crippen LogP contribution in [-0.2, 0) is 10.0 Å². The lowest BCUT2D eigenvalue weighted by Crippen LogP contribution is -2.28. The summed E-state index contributed by atoms with van der Waals surface area (Å²) in [6.45, 7) is 4.60. The molecule has 142 valence electrons. The van der Waals surface area contributed by atoms with Crippen LogP contribution in [0.25, 0.3) is 0 Å². The Bertz CT molecular complexity index is 1050. The van der Waals surface area contributed by atoms with Crippen LogP contribution in [0.15, 0.2) is 23.1 Å². The first-order chi connectivity index (χ1) is 12.8. The number of benzene rings is 1. The lowest BCUT2D eigenvalue weighted by molar-refractivity contribution is 0.102. The summed E-state index contributed by atoms with van der Waals surface area (Å²) in [5.41, 5.74) is 1.42. The van der Waals surface area contributed by atoms with Crippen molar-refractivity contribution in [3.63, 3.8) is 0 Å². The Morgan fingerprint density at radius 1 is 1.30 bits per heavy atom. The summed E-state index contributed by atoms with van der Waals surface area (Å²) in [5.74, 6) is -0.484. The summed E-state index contributed by atoms with van der Waals surface area (Å²) in [6, 6.07) is 6.28. The quantitative estimate of drug-likeness (QED) is 0.806. The SMILES string of the molecule is Cc1sc(NC(=O)c2ccc(Cl)c(S(=O)(=O)N3CCCC3)c2)c(C#N)c1C. The Morgan fingerprint density at radius 2 is 1.96 bits per heavy atom. The highest BCUT2D eigenvalue weighted by Gasteiger charge is 2.30. The molecule has 3 rings (SSSR count).